The minimum atomic E-state index is -0.237. The van der Waals surface area contributed by atoms with Crippen LogP contribution in [0.15, 0.2) is 23.4 Å². The standard InChI is InChI=1S/C10H10N2O2S/c1-14-10(13)3-5-15-9-6-8(7-11)2-4-12-9/h2,4,6H,3,5H2,1H3. The summed E-state index contributed by atoms with van der Waals surface area (Å²) in [5.41, 5.74) is 0.575. The van der Waals surface area contributed by atoms with Gasteiger partial charge in [0.1, 0.15) is 0 Å². The van der Waals surface area contributed by atoms with Crippen LogP contribution in [0, 0.1) is 11.3 Å². The molecule has 78 valence electrons. The van der Waals surface area contributed by atoms with E-state index in [-0.39, 0.29) is 5.97 Å². The number of methoxy groups -OCH3 is 1. The second-order valence-electron chi connectivity index (χ2n) is 2.67. The Morgan fingerprint density at radius 1 is 1.73 bits per heavy atom. The summed E-state index contributed by atoms with van der Waals surface area (Å²) in [6, 6.07) is 5.37. The molecule has 0 fully saturated rings. The zero-order valence-electron chi connectivity index (χ0n) is 8.27. The lowest BCUT2D eigenvalue weighted by Gasteiger charge is -1.99. The molecular weight excluding hydrogens is 212 g/mol. The maximum absolute atomic E-state index is 10.8. The number of ether oxygens (including phenoxy) is 1. The monoisotopic (exact) mass is 222 g/mol. The third kappa shape index (κ3) is 4.00. The fourth-order valence-electron chi connectivity index (χ4n) is 0.899. The normalized spacial score (nSPS) is 9.33. The highest BCUT2D eigenvalue weighted by atomic mass is 32.2. The van der Waals surface area contributed by atoms with E-state index in [0.29, 0.717) is 17.7 Å². The van der Waals surface area contributed by atoms with Crippen LogP contribution in [0.1, 0.15) is 12.0 Å². The van der Waals surface area contributed by atoms with Gasteiger partial charge in [-0.25, -0.2) is 4.98 Å². The molecule has 0 bridgehead atoms. The van der Waals surface area contributed by atoms with Gasteiger partial charge in [-0.3, -0.25) is 4.79 Å². The topological polar surface area (TPSA) is 63.0 Å². The maximum atomic E-state index is 10.8. The number of esters is 1. The van der Waals surface area contributed by atoms with Gasteiger partial charge in [0.05, 0.1) is 30.2 Å². The van der Waals surface area contributed by atoms with Gasteiger partial charge in [-0.1, -0.05) is 0 Å². The van der Waals surface area contributed by atoms with Crippen LogP contribution in [0.5, 0.6) is 0 Å². The molecule has 0 atom stereocenters. The Kier molecular flexibility index (Phi) is 4.64. The van der Waals surface area contributed by atoms with Gasteiger partial charge in [-0.05, 0) is 12.1 Å². The molecule has 0 saturated heterocycles. The first-order chi connectivity index (χ1) is 7.26. The SMILES string of the molecule is COC(=O)CCSc1cc(C#N)ccn1. The Hall–Kier alpha value is -1.54. The predicted molar refractivity (Wildman–Crippen MR) is 56.3 cm³/mol. The third-order valence-corrected chi connectivity index (χ3v) is 2.58. The van der Waals surface area contributed by atoms with E-state index in [4.69, 9.17) is 5.26 Å². The lowest BCUT2D eigenvalue weighted by atomic mass is 10.3. The van der Waals surface area contributed by atoms with E-state index >= 15 is 0 Å². The molecular formula is C10H10N2O2S. The van der Waals surface area contributed by atoms with Crippen molar-refractivity contribution < 1.29 is 9.53 Å². The van der Waals surface area contributed by atoms with Crippen molar-refractivity contribution in [1.29, 1.82) is 5.26 Å². The number of carbonyl (C=O) groups is 1. The summed E-state index contributed by atoms with van der Waals surface area (Å²) in [6.07, 6.45) is 1.93. The number of pyridine rings is 1. The molecule has 0 N–H and O–H groups in total. The number of thioether (sulfide) groups is 1. The largest absolute Gasteiger partial charge is 0.469 e. The number of aromatic nitrogens is 1. The van der Waals surface area contributed by atoms with Crippen LogP contribution in [0.25, 0.3) is 0 Å². The van der Waals surface area contributed by atoms with Crippen LogP contribution in [0.3, 0.4) is 0 Å². The molecule has 0 aromatic carbocycles. The molecule has 0 saturated carbocycles. The highest BCUT2D eigenvalue weighted by Crippen LogP contribution is 2.16. The van der Waals surface area contributed by atoms with Crippen molar-refractivity contribution in [3.05, 3.63) is 23.9 Å². The van der Waals surface area contributed by atoms with Gasteiger partial charge in [0.25, 0.3) is 0 Å². The first-order valence-corrected chi connectivity index (χ1v) is 5.30. The van der Waals surface area contributed by atoms with Gasteiger partial charge in [-0.15, -0.1) is 11.8 Å². The molecule has 15 heavy (non-hydrogen) atoms. The molecule has 0 radical (unpaired) electrons. The third-order valence-electron chi connectivity index (χ3n) is 1.65. The number of rotatable bonds is 4. The van der Waals surface area contributed by atoms with Crippen molar-refractivity contribution in [1.82, 2.24) is 4.98 Å². The first-order valence-electron chi connectivity index (χ1n) is 4.32. The molecule has 0 amide bonds. The van der Waals surface area contributed by atoms with E-state index in [1.54, 1.807) is 18.3 Å². The van der Waals surface area contributed by atoms with Crippen molar-refractivity contribution >= 4 is 17.7 Å². The van der Waals surface area contributed by atoms with Gasteiger partial charge in [-0.2, -0.15) is 5.26 Å². The van der Waals surface area contributed by atoms with Crippen LogP contribution in [0.4, 0.5) is 0 Å². The Morgan fingerprint density at radius 3 is 3.20 bits per heavy atom. The Balaban J connectivity index is 2.44. The smallest absolute Gasteiger partial charge is 0.306 e. The molecule has 1 aromatic heterocycles. The molecule has 0 aliphatic rings. The number of hydrogen-bond acceptors (Lipinski definition) is 5. The number of carbonyl (C=O) groups excluding carboxylic acids is 1. The molecule has 5 heteroatoms. The van der Waals surface area contributed by atoms with E-state index in [1.165, 1.54) is 18.9 Å². The van der Waals surface area contributed by atoms with Crippen LogP contribution < -0.4 is 0 Å². The maximum Gasteiger partial charge on any atom is 0.306 e. The van der Waals surface area contributed by atoms with Crippen LogP contribution in [-0.4, -0.2) is 23.8 Å². The van der Waals surface area contributed by atoms with E-state index < -0.39 is 0 Å². The van der Waals surface area contributed by atoms with E-state index in [0.717, 1.165) is 5.03 Å². The second-order valence-corrected chi connectivity index (χ2v) is 3.78. The van der Waals surface area contributed by atoms with E-state index in [2.05, 4.69) is 9.72 Å². The van der Waals surface area contributed by atoms with Gasteiger partial charge < -0.3 is 4.74 Å². The van der Waals surface area contributed by atoms with Gasteiger partial charge in [0.15, 0.2) is 0 Å². The van der Waals surface area contributed by atoms with E-state index in [9.17, 15) is 4.79 Å². The predicted octanol–water partition coefficient (Wildman–Crippen LogP) is 1.61. The Labute approximate surface area is 92.3 Å². The van der Waals surface area contributed by atoms with E-state index in [1.807, 2.05) is 6.07 Å². The van der Waals surface area contributed by atoms with Crippen molar-refractivity contribution in [3.8, 4) is 6.07 Å². The van der Waals surface area contributed by atoms with Gasteiger partial charge >= 0.3 is 5.97 Å². The number of hydrogen-bond donors (Lipinski definition) is 0. The van der Waals surface area contributed by atoms with Crippen molar-refractivity contribution in [3.63, 3.8) is 0 Å². The summed E-state index contributed by atoms with van der Waals surface area (Å²) < 4.78 is 4.51. The lowest BCUT2D eigenvalue weighted by Crippen LogP contribution is -2.01. The fraction of sp³-hybridized carbons (Fsp3) is 0.300. The van der Waals surface area contributed by atoms with Gasteiger partial charge in [0, 0.05) is 11.9 Å². The molecule has 1 rings (SSSR count). The molecule has 1 heterocycles. The zero-order chi connectivity index (χ0) is 11.1. The van der Waals surface area contributed by atoms with Crippen LogP contribution in [-0.2, 0) is 9.53 Å². The van der Waals surface area contributed by atoms with Crippen molar-refractivity contribution in [2.45, 2.75) is 11.4 Å². The molecule has 4 nitrogen and oxygen atoms in total. The number of nitrogens with zero attached hydrogens (tertiary/aromatic N) is 2. The molecule has 1 aromatic rings. The summed E-state index contributed by atoms with van der Waals surface area (Å²) in [7, 11) is 1.36. The minimum absolute atomic E-state index is 0.237. The highest BCUT2D eigenvalue weighted by molar-refractivity contribution is 7.99. The summed E-state index contributed by atoms with van der Waals surface area (Å²) >= 11 is 1.43. The van der Waals surface area contributed by atoms with Gasteiger partial charge in [0.2, 0.25) is 0 Å². The Bertz CT molecular complexity index is 387. The number of nitriles is 1. The first kappa shape index (κ1) is 11.5. The summed E-state index contributed by atoms with van der Waals surface area (Å²) in [5, 5.41) is 9.40. The average Bonchev–Trinajstić information content (AvgIpc) is 2.29. The summed E-state index contributed by atoms with van der Waals surface area (Å²) in [6.45, 7) is 0. The average molecular weight is 222 g/mol. The van der Waals surface area contributed by atoms with Crippen LogP contribution >= 0.6 is 11.8 Å². The second kappa shape index (κ2) is 6.04. The fourth-order valence-corrected chi connectivity index (χ4v) is 1.72. The van der Waals surface area contributed by atoms with Crippen LogP contribution in [0.2, 0.25) is 0 Å². The molecule has 0 aliphatic heterocycles. The molecule has 0 spiro atoms. The quantitative estimate of drug-likeness (QED) is 0.572. The Morgan fingerprint density at radius 2 is 2.53 bits per heavy atom. The highest BCUT2D eigenvalue weighted by Gasteiger charge is 2.02. The van der Waals surface area contributed by atoms with Crippen molar-refractivity contribution in [2.75, 3.05) is 12.9 Å². The minimum Gasteiger partial charge on any atom is -0.469 e. The summed E-state index contributed by atoms with van der Waals surface area (Å²) in [5.74, 6) is 0.369. The molecule has 0 aliphatic carbocycles. The summed E-state index contributed by atoms with van der Waals surface area (Å²) in [4.78, 5) is 14.9. The zero-order valence-corrected chi connectivity index (χ0v) is 9.08. The lowest BCUT2D eigenvalue weighted by molar-refractivity contribution is -0.140. The molecule has 0 unspecified atom stereocenters. The van der Waals surface area contributed by atoms with Crippen molar-refractivity contribution in [2.24, 2.45) is 0 Å².